The molecule has 0 bridgehead atoms. The van der Waals surface area contributed by atoms with E-state index in [9.17, 15) is 9.90 Å². The first-order valence-corrected chi connectivity index (χ1v) is 12.0. The topological polar surface area (TPSA) is 78.9 Å². The highest BCUT2D eigenvalue weighted by molar-refractivity contribution is 5.83. The van der Waals surface area contributed by atoms with Crippen molar-refractivity contribution in [3.63, 3.8) is 0 Å². The molecule has 5 fully saturated rings. The van der Waals surface area contributed by atoms with Crippen molar-refractivity contribution in [3.05, 3.63) is 12.2 Å². The van der Waals surface area contributed by atoms with Crippen LogP contribution in [0, 0.1) is 52.8 Å². The summed E-state index contributed by atoms with van der Waals surface area (Å²) in [7, 11) is 0. The van der Waals surface area contributed by atoms with Gasteiger partial charge >= 0.3 is 0 Å². The van der Waals surface area contributed by atoms with Gasteiger partial charge in [0, 0.05) is 5.92 Å². The summed E-state index contributed by atoms with van der Waals surface area (Å²) in [6, 6.07) is 0. The van der Waals surface area contributed by atoms with Crippen LogP contribution in [0.15, 0.2) is 6.33 Å². The number of nitrogens with one attached hydrogen (secondary N) is 1. The molecule has 0 aromatic carbocycles. The molecule has 0 saturated heterocycles. The van der Waals surface area contributed by atoms with Gasteiger partial charge in [0.05, 0.1) is 12.0 Å². The second-order valence-corrected chi connectivity index (χ2v) is 11.4. The molecule has 5 nitrogen and oxygen atoms in total. The summed E-state index contributed by atoms with van der Waals surface area (Å²) in [5.41, 5.74) is -0.143. The SMILES string of the molecule is CC1C2[C@@H]3CC[C@@H]4[C@H](CC[C@]5(C)[C@@H](C(=O)Cc6ncn[nH]6)CC[C@@H]45)[C@H]3CC[C@]12O. The number of Topliss-reactive ketones (excluding diaryl/α,β-unsaturated/α-hetero) is 1. The highest BCUT2D eigenvalue weighted by Gasteiger charge is 2.69. The molecule has 2 N–H and O–H groups in total. The number of hydrogen-bond donors (Lipinski definition) is 2. The zero-order valence-electron chi connectivity index (χ0n) is 17.8. The molecule has 6 rings (SSSR count). The van der Waals surface area contributed by atoms with Crippen molar-refractivity contribution < 1.29 is 9.90 Å². The monoisotopic (exact) mass is 397 g/mol. The van der Waals surface area contributed by atoms with Crippen LogP contribution in [-0.2, 0) is 11.2 Å². The van der Waals surface area contributed by atoms with E-state index in [-0.39, 0.29) is 16.9 Å². The molecule has 5 aliphatic rings. The van der Waals surface area contributed by atoms with E-state index in [4.69, 9.17) is 0 Å². The quantitative estimate of drug-likeness (QED) is 0.813. The number of hydrogen-bond acceptors (Lipinski definition) is 4. The maximum absolute atomic E-state index is 13.2. The lowest BCUT2D eigenvalue weighted by atomic mass is 9.49. The minimum atomic E-state index is -0.317. The van der Waals surface area contributed by atoms with Gasteiger partial charge in [-0.3, -0.25) is 9.89 Å². The van der Waals surface area contributed by atoms with Gasteiger partial charge in [-0.15, -0.1) is 0 Å². The van der Waals surface area contributed by atoms with Gasteiger partial charge in [-0.2, -0.15) is 5.10 Å². The van der Waals surface area contributed by atoms with Crippen LogP contribution in [0.3, 0.4) is 0 Å². The van der Waals surface area contributed by atoms with Gasteiger partial charge in [0.1, 0.15) is 17.9 Å². The van der Waals surface area contributed by atoms with E-state index >= 15 is 0 Å². The second-order valence-electron chi connectivity index (χ2n) is 11.4. The fourth-order valence-electron chi connectivity index (χ4n) is 9.37. The highest BCUT2D eigenvalue weighted by Crippen LogP contribution is 2.70. The summed E-state index contributed by atoms with van der Waals surface area (Å²) < 4.78 is 0. The summed E-state index contributed by atoms with van der Waals surface area (Å²) in [6.07, 6.45) is 11.6. The molecule has 0 radical (unpaired) electrons. The lowest BCUT2D eigenvalue weighted by Gasteiger charge is -2.56. The Hall–Kier alpha value is -1.23. The fourth-order valence-corrected chi connectivity index (χ4v) is 9.37. The number of aliphatic hydroxyl groups is 1. The van der Waals surface area contributed by atoms with Gasteiger partial charge in [0.25, 0.3) is 0 Å². The molecule has 1 aromatic heterocycles. The van der Waals surface area contributed by atoms with Crippen LogP contribution in [0.1, 0.15) is 71.0 Å². The largest absolute Gasteiger partial charge is 0.389 e. The smallest absolute Gasteiger partial charge is 0.144 e. The Bertz CT molecular complexity index is 809. The number of aromatic nitrogens is 3. The number of nitrogens with zero attached hydrogens (tertiary/aromatic N) is 2. The van der Waals surface area contributed by atoms with E-state index in [1.54, 1.807) is 0 Å². The standard InChI is InChI=1S/C24H35N3O2/c1-13-22-17-4-3-16-14(15(17)8-10-24(13,22)29)7-9-23(2)18(16)5-6-19(23)20(28)11-21-25-12-26-27-21/h12-19,22,29H,3-11H2,1-2H3,(H,25,26,27)/t13?,14-,15-,16-,17-,18+,19-,22?,23+,24+/m1/s1. The van der Waals surface area contributed by atoms with Crippen molar-refractivity contribution in [3.8, 4) is 0 Å². The van der Waals surface area contributed by atoms with Crippen molar-refractivity contribution in [1.29, 1.82) is 0 Å². The van der Waals surface area contributed by atoms with E-state index in [0.29, 0.717) is 35.8 Å². The normalized spacial score (nSPS) is 52.8. The zero-order chi connectivity index (χ0) is 20.0. The van der Waals surface area contributed by atoms with E-state index in [2.05, 4.69) is 29.0 Å². The summed E-state index contributed by atoms with van der Waals surface area (Å²) in [5.74, 6) is 6.32. The highest BCUT2D eigenvalue weighted by atomic mass is 16.3. The first-order valence-electron chi connectivity index (χ1n) is 12.0. The van der Waals surface area contributed by atoms with Crippen LogP contribution in [0.2, 0.25) is 0 Å². The van der Waals surface area contributed by atoms with Crippen LogP contribution in [0.4, 0.5) is 0 Å². The number of carbonyl (C=O) groups excluding carboxylic acids is 1. The van der Waals surface area contributed by atoms with Gasteiger partial charge in [0.15, 0.2) is 0 Å². The van der Waals surface area contributed by atoms with Crippen LogP contribution in [0.5, 0.6) is 0 Å². The Morgan fingerprint density at radius 1 is 1.10 bits per heavy atom. The van der Waals surface area contributed by atoms with Gasteiger partial charge in [0.2, 0.25) is 0 Å². The molecule has 1 aromatic rings. The third-order valence-electron chi connectivity index (χ3n) is 10.8. The van der Waals surface area contributed by atoms with Gasteiger partial charge in [-0.1, -0.05) is 13.8 Å². The van der Waals surface area contributed by atoms with Gasteiger partial charge < -0.3 is 5.11 Å². The second kappa shape index (κ2) is 6.15. The summed E-state index contributed by atoms with van der Waals surface area (Å²) in [4.78, 5) is 17.3. The molecular formula is C24H35N3O2. The zero-order valence-corrected chi connectivity index (χ0v) is 17.8. The van der Waals surface area contributed by atoms with Crippen LogP contribution >= 0.6 is 0 Å². The van der Waals surface area contributed by atoms with Crippen LogP contribution in [0.25, 0.3) is 0 Å². The van der Waals surface area contributed by atoms with Crippen molar-refractivity contribution in [2.24, 2.45) is 52.8 Å². The molecule has 2 unspecified atom stereocenters. The van der Waals surface area contributed by atoms with Gasteiger partial charge in [-0.25, -0.2) is 4.98 Å². The summed E-state index contributed by atoms with van der Waals surface area (Å²) in [5, 5.41) is 17.7. The Kier molecular flexibility index (Phi) is 3.93. The maximum Gasteiger partial charge on any atom is 0.144 e. The van der Waals surface area contributed by atoms with E-state index < -0.39 is 0 Å². The van der Waals surface area contributed by atoms with Crippen molar-refractivity contribution in [2.45, 2.75) is 77.2 Å². The Morgan fingerprint density at radius 3 is 2.66 bits per heavy atom. The predicted octanol–water partition coefficient (Wildman–Crippen LogP) is 3.79. The number of fused-ring (bicyclic) bond motifs is 7. The molecule has 1 heterocycles. The molecule has 5 saturated carbocycles. The molecule has 0 spiro atoms. The summed E-state index contributed by atoms with van der Waals surface area (Å²) in [6.45, 7) is 4.71. The number of H-pyrrole nitrogens is 1. The number of carbonyl (C=O) groups is 1. The van der Waals surface area contributed by atoms with E-state index in [1.807, 2.05) is 0 Å². The molecule has 10 atom stereocenters. The minimum Gasteiger partial charge on any atom is -0.389 e. The number of rotatable bonds is 3. The maximum atomic E-state index is 13.2. The van der Waals surface area contributed by atoms with E-state index in [0.717, 1.165) is 36.5 Å². The van der Waals surface area contributed by atoms with Crippen molar-refractivity contribution >= 4 is 5.78 Å². The molecule has 29 heavy (non-hydrogen) atoms. The summed E-state index contributed by atoms with van der Waals surface area (Å²) >= 11 is 0. The molecule has 0 amide bonds. The number of ketones is 1. The van der Waals surface area contributed by atoms with E-state index in [1.165, 1.54) is 44.9 Å². The molecule has 5 heteroatoms. The Labute approximate surface area is 173 Å². The molecular weight excluding hydrogens is 362 g/mol. The third-order valence-corrected chi connectivity index (χ3v) is 10.8. The Morgan fingerprint density at radius 2 is 1.86 bits per heavy atom. The number of aromatic amines is 1. The molecule has 0 aliphatic heterocycles. The molecule has 5 aliphatic carbocycles. The average Bonchev–Trinajstić information content (AvgIpc) is 3.08. The third kappa shape index (κ3) is 2.46. The van der Waals surface area contributed by atoms with Crippen molar-refractivity contribution in [1.82, 2.24) is 15.2 Å². The Balaban J connectivity index is 1.21. The predicted molar refractivity (Wildman–Crippen MR) is 109 cm³/mol. The average molecular weight is 398 g/mol. The lowest BCUT2D eigenvalue weighted by molar-refractivity contribution is -0.130. The van der Waals surface area contributed by atoms with Crippen LogP contribution < -0.4 is 0 Å². The van der Waals surface area contributed by atoms with Crippen molar-refractivity contribution in [2.75, 3.05) is 0 Å². The van der Waals surface area contributed by atoms with Gasteiger partial charge in [-0.05, 0) is 98.2 Å². The fraction of sp³-hybridized carbons (Fsp3) is 0.875. The first kappa shape index (κ1) is 18.5. The first-order chi connectivity index (χ1) is 13.9. The minimum absolute atomic E-state index is 0.174. The molecule has 158 valence electrons. The van der Waals surface area contributed by atoms with Crippen LogP contribution in [-0.4, -0.2) is 31.7 Å². The lowest BCUT2D eigenvalue weighted by Crippen LogP contribution is -2.50.